The summed E-state index contributed by atoms with van der Waals surface area (Å²) in [5.74, 6) is -1.92. The van der Waals surface area contributed by atoms with Crippen molar-refractivity contribution in [3.05, 3.63) is 46.3 Å². The summed E-state index contributed by atoms with van der Waals surface area (Å²) in [6.45, 7) is 10.6. The van der Waals surface area contributed by atoms with Crippen LogP contribution in [-0.4, -0.2) is 72.9 Å². The molecule has 1 rings (SSSR count). The van der Waals surface area contributed by atoms with Crippen LogP contribution < -0.4 is 21.3 Å². The van der Waals surface area contributed by atoms with Crippen molar-refractivity contribution in [2.45, 2.75) is 110 Å². The van der Waals surface area contributed by atoms with Crippen molar-refractivity contribution in [3.63, 3.8) is 0 Å². The van der Waals surface area contributed by atoms with Gasteiger partial charge in [0.15, 0.2) is 0 Å². The van der Waals surface area contributed by atoms with Crippen molar-refractivity contribution in [1.82, 2.24) is 21.3 Å². The van der Waals surface area contributed by atoms with E-state index in [1.54, 1.807) is 41.5 Å². The highest BCUT2D eigenvalue weighted by Crippen LogP contribution is 2.13. The Labute approximate surface area is 270 Å². The second-order valence-electron chi connectivity index (χ2n) is 12.5. The maximum absolute atomic E-state index is 13.3. The molecule has 46 heavy (non-hydrogen) atoms. The number of hydrogen-bond acceptors (Lipinski definition) is 9. The van der Waals surface area contributed by atoms with Crippen LogP contribution in [0.25, 0.3) is 10.4 Å². The fourth-order valence-corrected chi connectivity index (χ4v) is 3.91. The zero-order chi connectivity index (χ0) is 34.6. The predicted octanol–water partition coefficient (Wildman–Crippen LogP) is 4.40. The molecule has 0 bridgehead atoms. The molecule has 2 atom stereocenters. The average Bonchev–Trinajstić information content (AvgIpc) is 2.96. The van der Waals surface area contributed by atoms with Crippen molar-refractivity contribution in [3.8, 4) is 0 Å². The Kier molecular flexibility index (Phi) is 17.6. The fraction of sp³-hybridized carbons (Fsp3) is 0.645. The van der Waals surface area contributed by atoms with Gasteiger partial charge in [-0.25, -0.2) is 14.4 Å². The van der Waals surface area contributed by atoms with Crippen LogP contribution in [0.2, 0.25) is 0 Å². The van der Waals surface area contributed by atoms with Gasteiger partial charge in [0.05, 0.1) is 0 Å². The Morgan fingerprint density at radius 3 is 1.91 bits per heavy atom. The summed E-state index contributed by atoms with van der Waals surface area (Å²) in [5, 5.41) is 13.8. The summed E-state index contributed by atoms with van der Waals surface area (Å²) in [6, 6.07) is 7.19. The maximum Gasteiger partial charge on any atom is 0.407 e. The van der Waals surface area contributed by atoms with E-state index in [-0.39, 0.29) is 32.5 Å². The molecule has 4 N–H and O–H groups in total. The second-order valence-corrected chi connectivity index (χ2v) is 12.5. The smallest absolute Gasteiger partial charge is 0.407 e. The zero-order valence-electron chi connectivity index (χ0n) is 27.7. The van der Waals surface area contributed by atoms with Gasteiger partial charge in [0, 0.05) is 18.0 Å². The van der Waals surface area contributed by atoms with Gasteiger partial charge >= 0.3 is 18.2 Å². The van der Waals surface area contributed by atoms with Gasteiger partial charge in [-0.1, -0.05) is 35.4 Å². The first-order valence-corrected chi connectivity index (χ1v) is 15.3. The molecule has 256 valence electrons. The summed E-state index contributed by atoms with van der Waals surface area (Å²) < 4.78 is 15.9. The number of amides is 4. The largest absolute Gasteiger partial charge is 0.458 e. The molecule has 0 aliphatic rings. The average molecular weight is 648 g/mol. The third-order valence-corrected chi connectivity index (χ3v) is 5.93. The fourth-order valence-electron chi connectivity index (χ4n) is 3.91. The number of carbonyl (C=O) groups is 5. The topological polar surface area (TPSA) is 210 Å². The Bertz CT molecular complexity index is 1180. The minimum absolute atomic E-state index is 0.139. The highest BCUT2D eigenvalue weighted by Gasteiger charge is 2.29. The molecule has 0 aliphatic carbocycles. The highest BCUT2D eigenvalue weighted by atomic mass is 16.6. The molecular formula is C31H49N7O8. The molecule has 0 fully saturated rings. The third kappa shape index (κ3) is 19.7. The molecule has 0 saturated heterocycles. The minimum atomic E-state index is -1.05. The summed E-state index contributed by atoms with van der Waals surface area (Å²) in [5.41, 5.74) is 7.95. The summed E-state index contributed by atoms with van der Waals surface area (Å²) >= 11 is 0. The standard InChI is InChI=1S/C31H49N7O8/c1-30(2,3)45-27(41)24(17-11-13-18-33-28(42)44-21-22-14-8-7-9-15-22)37-26(40)23(36-25(39)20-35-38-32)16-10-12-19-34-29(43)46-31(4,5)6/h7-9,14-15,23-24H,10-13,16-21H2,1-6H3,(H,33,42)(H,34,43)(H,36,39)(H,37,40)/t23-,24-/m0/s1. The number of carbonyl (C=O) groups excluding carboxylic acids is 5. The van der Waals surface area contributed by atoms with E-state index in [0.717, 1.165) is 5.56 Å². The van der Waals surface area contributed by atoms with E-state index in [4.69, 9.17) is 19.7 Å². The summed E-state index contributed by atoms with van der Waals surface area (Å²) in [4.78, 5) is 65.1. The molecule has 0 unspecified atom stereocenters. The van der Waals surface area contributed by atoms with Crippen molar-refractivity contribution in [2.24, 2.45) is 5.11 Å². The number of unbranched alkanes of at least 4 members (excludes halogenated alkanes) is 2. The number of hydrogen-bond donors (Lipinski definition) is 4. The highest BCUT2D eigenvalue weighted by molar-refractivity contribution is 5.91. The molecule has 0 aromatic heterocycles. The minimum Gasteiger partial charge on any atom is -0.458 e. The normalized spacial score (nSPS) is 12.4. The lowest BCUT2D eigenvalue weighted by Crippen LogP contribution is -2.53. The Hall–Kier alpha value is -4.52. The number of esters is 1. The Morgan fingerprint density at radius 1 is 0.783 bits per heavy atom. The van der Waals surface area contributed by atoms with Crippen LogP contribution in [0, 0.1) is 0 Å². The molecule has 15 nitrogen and oxygen atoms in total. The first-order valence-electron chi connectivity index (χ1n) is 15.3. The van der Waals surface area contributed by atoms with Crippen LogP contribution in [0.15, 0.2) is 35.4 Å². The van der Waals surface area contributed by atoms with Crippen molar-refractivity contribution in [2.75, 3.05) is 19.6 Å². The third-order valence-electron chi connectivity index (χ3n) is 5.93. The number of alkyl carbamates (subject to hydrolysis) is 2. The number of ether oxygens (including phenoxy) is 3. The molecule has 4 amide bonds. The van der Waals surface area contributed by atoms with Gasteiger partial charge in [-0.2, -0.15) is 0 Å². The van der Waals surface area contributed by atoms with E-state index in [1.807, 2.05) is 30.3 Å². The second kappa shape index (κ2) is 20.5. The molecule has 0 radical (unpaired) electrons. The number of rotatable bonds is 18. The van der Waals surface area contributed by atoms with E-state index < -0.39 is 59.8 Å². The molecule has 0 spiro atoms. The van der Waals surface area contributed by atoms with E-state index in [0.29, 0.717) is 25.7 Å². The van der Waals surface area contributed by atoms with Gasteiger partial charge < -0.3 is 35.5 Å². The number of benzene rings is 1. The van der Waals surface area contributed by atoms with Crippen molar-refractivity contribution >= 4 is 30.0 Å². The lowest BCUT2D eigenvalue weighted by atomic mass is 10.1. The van der Waals surface area contributed by atoms with Crippen LogP contribution in [-0.2, 0) is 35.2 Å². The van der Waals surface area contributed by atoms with Crippen LogP contribution in [0.5, 0.6) is 0 Å². The molecular weight excluding hydrogens is 598 g/mol. The van der Waals surface area contributed by atoms with Gasteiger partial charge in [-0.15, -0.1) is 0 Å². The number of nitrogens with one attached hydrogen (secondary N) is 4. The first-order chi connectivity index (χ1) is 21.6. The maximum atomic E-state index is 13.3. The zero-order valence-corrected chi connectivity index (χ0v) is 27.7. The van der Waals surface area contributed by atoms with Gasteiger partial charge in [0.2, 0.25) is 11.8 Å². The summed E-state index contributed by atoms with van der Waals surface area (Å²) in [6.07, 6.45) is 1.11. The molecule has 15 heteroatoms. The molecule has 1 aromatic carbocycles. The molecule has 0 heterocycles. The quantitative estimate of drug-likeness (QED) is 0.0447. The van der Waals surface area contributed by atoms with Gasteiger partial charge in [-0.3, -0.25) is 9.59 Å². The Balaban J connectivity index is 2.74. The van der Waals surface area contributed by atoms with Crippen LogP contribution in [0.4, 0.5) is 9.59 Å². The SMILES string of the molecule is CC(C)(C)OC(=O)NCCCC[C@H](NC(=O)CN=[N+]=[N-])C(=O)N[C@@H](CCCCNC(=O)OCc1ccccc1)C(=O)OC(C)(C)C. The molecule has 0 saturated carbocycles. The number of nitrogens with zero attached hydrogens (tertiary/aromatic N) is 3. The molecule has 1 aromatic rings. The summed E-state index contributed by atoms with van der Waals surface area (Å²) in [7, 11) is 0. The number of azide groups is 1. The van der Waals surface area contributed by atoms with E-state index in [2.05, 4.69) is 31.3 Å². The van der Waals surface area contributed by atoms with Crippen LogP contribution >= 0.6 is 0 Å². The predicted molar refractivity (Wildman–Crippen MR) is 170 cm³/mol. The van der Waals surface area contributed by atoms with E-state index in [9.17, 15) is 24.0 Å². The van der Waals surface area contributed by atoms with Crippen LogP contribution in [0.1, 0.15) is 85.6 Å². The van der Waals surface area contributed by atoms with E-state index >= 15 is 0 Å². The monoisotopic (exact) mass is 647 g/mol. The van der Waals surface area contributed by atoms with Crippen LogP contribution in [0.3, 0.4) is 0 Å². The van der Waals surface area contributed by atoms with Crippen molar-refractivity contribution < 1.29 is 38.2 Å². The lowest BCUT2D eigenvalue weighted by molar-refractivity contribution is -0.159. The van der Waals surface area contributed by atoms with Gasteiger partial charge in [-0.05, 0) is 91.2 Å². The first kappa shape index (κ1) is 39.5. The van der Waals surface area contributed by atoms with Crippen molar-refractivity contribution in [1.29, 1.82) is 0 Å². The van der Waals surface area contributed by atoms with Gasteiger partial charge in [0.25, 0.3) is 0 Å². The Morgan fingerprint density at radius 2 is 1.35 bits per heavy atom. The lowest BCUT2D eigenvalue weighted by Gasteiger charge is -2.26. The van der Waals surface area contributed by atoms with Gasteiger partial charge in [0.1, 0.15) is 36.4 Å². The molecule has 0 aliphatic heterocycles. The van der Waals surface area contributed by atoms with E-state index in [1.165, 1.54) is 0 Å².